The van der Waals surface area contributed by atoms with Gasteiger partial charge in [0.1, 0.15) is 0 Å². The summed E-state index contributed by atoms with van der Waals surface area (Å²) >= 11 is 2.69. The van der Waals surface area contributed by atoms with Crippen molar-refractivity contribution in [3.05, 3.63) is 12.2 Å². The first-order chi connectivity index (χ1) is 5.00. The van der Waals surface area contributed by atoms with Gasteiger partial charge in [0, 0.05) is 0 Å². The largest absolute Gasteiger partial charge is 0.216 e. The Hall–Kier alpha value is 0.170. The third kappa shape index (κ3) is 2.60. The molecule has 11 heavy (non-hydrogen) atoms. The van der Waals surface area contributed by atoms with Crippen LogP contribution in [-0.4, -0.2) is 13.7 Å². The smallest absolute Gasteiger partial charge is 0.215 e. The van der Waals surface area contributed by atoms with Crippen molar-refractivity contribution in [3.63, 3.8) is 0 Å². The summed E-state index contributed by atoms with van der Waals surface area (Å²) in [6.07, 6.45) is 5.45. The molecule has 0 fully saturated rings. The highest BCUT2D eigenvalue weighted by atomic mass is 79.9. The maximum absolute atomic E-state index is 11.0. The second kappa shape index (κ2) is 3.27. The maximum Gasteiger partial charge on any atom is 0.215 e. The van der Waals surface area contributed by atoms with E-state index in [2.05, 4.69) is 21.7 Å². The van der Waals surface area contributed by atoms with Gasteiger partial charge in [-0.3, -0.25) is 0 Å². The van der Waals surface area contributed by atoms with Crippen molar-refractivity contribution in [1.82, 2.24) is 0 Å². The zero-order valence-electron chi connectivity index (χ0n) is 6.33. The van der Waals surface area contributed by atoms with E-state index < -0.39 is 8.27 Å². The Morgan fingerprint density at radius 1 is 1.55 bits per heavy atom. The summed E-state index contributed by atoms with van der Waals surface area (Å²) in [5.41, 5.74) is 0. The van der Waals surface area contributed by atoms with E-state index in [0.717, 1.165) is 12.8 Å². The van der Waals surface area contributed by atoms with Crippen LogP contribution in [0.5, 0.6) is 0 Å². The molecule has 2 atom stereocenters. The minimum Gasteiger partial charge on any atom is -0.216 e. The Morgan fingerprint density at radius 3 is 2.55 bits per heavy atom. The van der Waals surface area contributed by atoms with Gasteiger partial charge in [-0.2, -0.15) is 0 Å². The van der Waals surface area contributed by atoms with E-state index in [4.69, 9.17) is 0 Å². The molecule has 0 aromatic carbocycles. The van der Waals surface area contributed by atoms with Crippen molar-refractivity contribution in [2.45, 2.75) is 25.0 Å². The standard InChI is InChI=1S/C7H11BrO2S/c1-6-3-2-4-7(5-6)11(8,9)10/h2,4,6-7H,3,5H2,1H3/t6-,7-/m1/s1. The summed E-state index contributed by atoms with van der Waals surface area (Å²) in [5, 5.41) is -0.314. The Bertz CT molecular complexity index is 256. The van der Waals surface area contributed by atoms with E-state index in [9.17, 15) is 8.42 Å². The Balaban J connectivity index is 2.76. The van der Waals surface area contributed by atoms with E-state index >= 15 is 0 Å². The summed E-state index contributed by atoms with van der Waals surface area (Å²) < 4.78 is 22.0. The minimum atomic E-state index is -3.03. The van der Waals surface area contributed by atoms with E-state index in [0.29, 0.717) is 5.92 Å². The minimum absolute atomic E-state index is 0.314. The average molecular weight is 239 g/mol. The SMILES string of the molecule is C[C@@H]1CC=C[C@@H](S(=O)(=O)Br)C1. The molecular weight excluding hydrogens is 228 g/mol. The predicted molar refractivity (Wildman–Crippen MR) is 49.2 cm³/mol. The molecule has 0 amide bonds. The van der Waals surface area contributed by atoms with Gasteiger partial charge >= 0.3 is 0 Å². The highest BCUT2D eigenvalue weighted by Crippen LogP contribution is 2.25. The van der Waals surface area contributed by atoms with Gasteiger partial charge in [0.25, 0.3) is 0 Å². The number of allylic oxidation sites excluding steroid dienone is 1. The molecule has 2 nitrogen and oxygen atoms in total. The van der Waals surface area contributed by atoms with Crippen molar-refractivity contribution in [3.8, 4) is 0 Å². The molecule has 64 valence electrons. The van der Waals surface area contributed by atoms with Crippen LogP contribution in [0.1, 0.15) is 19.8 Å². The van der Waals surface area contributed by atoms with E-state index in [1.54, 1.807) is 6.08 Å². The topological polar surface area (TPSA) is 34.1 Å². The lowest BCUT2D eigenvalue weighted by atomic mass is 9.96. The van der Waals surface area contributed by atoms with Crippen molar-refractivity contribution in [1.29, 1.82) is 0 Å². The molecular formula is C7H11BrO2S. The van der Waals surface area contributed by atoms with Crippen LogP contribution in [0.2, 0.25) is 0 Å². The second-order valence-electron chi connectivity index (χ2n) is 3.02. The Kier molecular flexibility index (Phi) is 2.75. The van der Waals surface area contributed by atoms with Crippen LogP contribution in [0.15, 0.2) is 12.2 Å². The fourth-order valence-corrected chi connectivity index (χ4v) is 2.93. The normalized spacial score (nSPS) is 32.2. The molecule has 0 spiro atoms. The van der Waals surface area contributed by atoms with E-state index in [1.807, 2.05) is 6.08 Å². The van der Waals surface area contributed by atoms with Gasteiger partial charge < -0.3 is 0 Å². The molecule has 4 heteroatoms. The molecule has 0 heterocycles. The molecule has 0 aromatic rings. The molecule has 0 aromatic heterocycles. The molecule has 0 saturated carbocycles. The van der Waals surface area contributed by atoms with Crippen LogP contribution in [-0.2, 0) is 8.27 Å². The quantitative estimate of drug-likeness (QED) is 0.518. The van der Waals surface area contributed by atoms with E-state index in [-0.39, 0.29) is 5.25 Å². The molecule has 0 saturated heterocycles. The van der Waals surface area contributed by atoms with Crippen LogP contribution < -0.4 is 0 Å². The zero-order valence-corrected chi connectivity index (χ0v) is 8.73. The van der Waals surface area contributed by atoms with Gasteiger partial charge in [0.15, 0.2) is 0 Å². The lowest BCUT2D eigenvalue weighted by Crippen LogP contribution is -2.19. The van der Waals surface area contributed by atoms with Crippen LogP contribution in [0.25, 0.3) is 0 Å². The molecule has 0 N–H and O–H groups in total. The molecule has 0 bridgehead atoms. The lowest BCUT2D eigenvalue weighted by molar-refractivity contribution is 0.515. The molecule has 0 aliphatic heterocycles. The van der Waals surface area contributed by atoms with Crippen molar-refractivity contribution < 1.29 is 8.42 Å². The maximum atomic E-state index is 11.0. The highest BCUT2D eigenvalue weighted by molar-refractivity contribution is 9.47. The van der Waals surface area contributed by atoms with Gasteiger partial charge in [-0.15, -0.1) is 0 Å². The van der Waals surface area contributed by atoms with Crippen LogP contribution in [0, 0.1) is 5.92 Å². The van der Waals surface area contributed by atoms with Gasteiger partial charge in [-0.05, 0) is 18.8 Å². The molecule has 1 aliphatic rings. The summed E-state index contributed by atoms with van der Waals surface area (Å²) in [6.45, 7) is 2.06. The van der Waals surface area contributed by atoms with Crippen LogP contribution >= 0.6 is 14.8 Å². The second-order valence-corrected chi connectivity index (χ2v) is 7.28. The summed E-state index contributed by atoms with van der Waals surface area (Å²) in [7, 11) is -3.03. The third-order valence-electron chi connectivity index (χ3n) is 1.89. The third-order valence-corrected chi connectivity index (χ3v) is 4.40. The summed E-state index contributed by atoms with van der Waals surface area (Å²) in [4.78, 5) is 0. The van der Waals surface area contributed by atoms with Crippen molar-refractivity contribution >= 4 is 23.1 Å². The zero-order chi connectivity index (χ0) is 8.48. The number of halogens is 1. The van der Waals surface area contributed by atoms with Crippen LogP contribution in [0.3, 0.4) is 0 Å². The first kappa shape index (κ1) is 9.26. The average Bonchev–Trinajstić information content (AvgIpc) is 1.86. The van der Waals surface area contributed by atoms with Gasteiger partial charge in [0.05, 0.1) is 20.1 Å². The number of hydrogen-bond donors (Lipinski definition) is 0. The summed E-state index contributed by atoms with van der Waals surface area (Å²) in [6, 6.07) is 0. The molecule has 0 radical (unpaired) electrons. The number of rotatable bonds is 1. The van der Waals surface area contributed by atoms with Crippen molar-refractivity contribution in [2.24, 2.45) is 5.92 Å². The highest BCUT2D eigenvalue weighted by Gasteiger charge is 2.24. The lowest BCUT2D eigenvalue weighted by Gasteiger charge is -2.18. The Morgan fingerprint density at radius 2 is 2.18 bits per heavy atom. The monoisotopic (exact) mass is 238 g/mol. The van der Waals surface area contributed by atoms with Gasteiger partial charge in [-0.1, -0.05) is 19.1 Å². The first-order valence-corrected chi connectivity index (χ1v) is 6.99. The first-order valence-electron chi connectivity index (χ1n) is 3.60. The summed E-state index contributed by atoms with van der Waals surface area (Å²) in [5.74, 6) is 0.484. The van der Waals surface area contributed by atoms with Crippen LogP contribution in [0.4, 0.5) is 0 Å². The molecule has 1 aliphatic carbocycles. The van der Waals surface area contributed by atoms with Crippen molar-refractivity contribution in [2.75, 3.05) is 0 Å². The Labute approximate surface area is 74.8 Å². The number of hydrogen-bond acceptors (Lipinski definition) is 2. The molecule has 0 unspecified atom stereocenters. The fourth-order valence-electron chi connectivity index (χ4n) is 1.24. The fraction of sp³-hybridized carbons (Fsp3) is 0.714. The predicted octanol–water partition coefficient (Wildman–Crippen LogP) is 2.07. The van der Waals surface area contributed by atoms with E-state index in [1.165, 1.54) is 0 Å². The van der Waals surface area contributed by atoms with Gasteiger partial charge in [-0.25, -0.2) is 8.42 Å². The molecule has 1 rings (SSSR count). The van der Waals surface area contributed by atoms with Gasteiger partial charge in [0.2, 0.25) is 8.27 Å².